The van der Waals surface area contributed by atoms with Gasteiger partial charge in [-0.05, 0) is 19.3 Å². The van der Waals surface area contributed by atoms with Crippen LogP contribution in [0, 0.1) is 0 Å². The zero-order valence-electron chi connectivity index (χ0n) is 10.2. The Morgan fingerprint density at radius 2 is 2.12 bits per heavy atom. The number of likely N-dealkylation sites (tertiary alicyclic amines) is 1. The summed E-state index contributed by atoms with van der Waals surface area (Å²) in [6, 6.07) is -0.390. The minimum absolute atomic E-state index is 0.0251. The first kappa shape index (κ1) is 13.0. The molecule has 5 nitrogen and oxygen atoms in total. The van der Waals surface area contributed by atoms with Crippen LogP contribution in [0.25, 0.3) is 0 Å². The number of amides is 2. The summed E-state index contributed by atoms with van der Waals surface area (Å²) in [6.45, 7) is 4.46. The summed E-state index contributed by atoms with van der Waals surface area (Å²) < 4.78 is 0. The molecule has 1 atom stereocenters. The quantitative estimate of drug-likeness (QED) is 0.701. The van der Waals surface area contributed by atoms with Crippen LogP contribution in [0.1, 0.15) is 33.1 Å². The van der Waals surface area contributed by atoms with Gasteiger partial charge < -0.3 is 16.0 Å². The van der Waals surface area contributed by atoms with Crippen molar-refractivity contribution in [2.75, 3.05) is 13.6 Å². The van der Waals surface area contributed by atoms with E-state index in [1.165, 1.54) is 0 Å². The predicted octanol–water partition coefficient (Wildman–Crippen LogP) is -0.149. The average Bonchev–Trinajstić information content (AvgIpc) is 2.59. The van der Waals surface area contributed by atoms with Gasteiger partial charge in [0.2, 0.25) is 11.8 Å². The van der Waals surface area contributed by atoms with Crippen molar-refractivity contribution >= 4 is 11.8 Å². The Morgan fingerprint density at radius 1 is 1.56 bits per heavy atom. The van der Waals surface area contributed by atoms with Crippen molar-refractivity contribution in [3.63, 3.8) is 0 Å². The molecule has 1 aliphatic rings. The van der Waals surface area contributed by atoms with E-state index < -0.39 is 11.6 Å². The Morgan fingerprint density at radius 3 is 2.50 bits per heavy atom. The second-order valence-corrected chi connectivity index (χ2v) is 4.44. The Kier molecular flexibility index (Phi) is 3.91. The summed E-state index contributed by atoms with van der Waals surface area (Å²) in [7, 11) is 1.74. The number of nitrogens with one attached hydrogen (secondary N) is 1. The number of carbonyl (C=O) groups excluding carboxylic acids is 2. The van der Waals surface area contributed by atoms with E-state index in [0.717, 1.165) is 0 Å². The van der Waals surface area contributed by atoms with Crippen molar-refractivity contribution in [3.05, 3.63) is 0 Å². The molecular formula is C11H21N3O2. The van der Waals surface area contributed by atoms with Crippen LogP contribution in [0.2, 0.25) is 0 Å². The van der Waals surface area contributed by atoms with Crippen LogP contribution >= 0.6 is 0 Å². The largest absolute Gasteiger partial charge is 0.344 e. The monoisotopic (exact) mass is 227 g/mol. The van der Waals surface area contributed by atoms with E-state index in [0.29, 0.717) is 25.8 Å². The summed E-state index contributed by atoms with van der Waals surface area (Å²) in [5, 5.41) is 2.75. The van der Waals surface area contributed by atoms with Crippen molar-refractivity contribution in [2.24, 2.45) is 5.73 Å². The highest BCUT2D eigenvalue weighted by Crippen LogP contribution is 2.14. The lowest BCUT2D eigenvalue weighted by Gasteiger charge is -2.26. The minimum atomic E-state index is -0.846. The van der Waals surface area contributed by atoms with Crippen LogP contribution < -0.4 is 11.1 Å². The van der Waals surface area contributed by atoms with Gasteiger partial charge >= 0.3 is 0 Å². The number of likely N-dealkylation sites (N-methyl/N-ethyl adjacent to an activating group) is 1. The summed E-state index contributed by atoms with van der Waals surface area (Å²) in [5.74, 6) is -0.242. The summed E-state index contributed by atoms with van der Waals surface area (Å²) >= 11 is 0. The molecule has 0 aliphatic carbocycles. The lowest BCUT2D eigenvalue weighted by Crippen LogP contribution is -2.56. The van der Waals surface area contributed by atoms with E-state index in [1.54, 1.807) is 11.9 Å². The zero-order valence-corrected chi connectivity index (χ0v) is 10.2. The number of hydrogen-bond acceptors (Lipinski definition) is 3. The Hall–Kier alpha value is -1.10. The fourth-order valence-corrected chi connectivity index (χ4v) is 1.83. The van der Waals surface area contributed by atoms with Gasteiger partial charge in [-0.15, -0.1) is 0 Å². The topological polar surface area (TPSA) is 75.4 Å². The molecule has 0 aromatic rings. The molecule has 16 heavy (non-hydrogen) atoms. The molecule has 1 fully saturated rings. The maximum atomic E-state index is 11.9. The molecule has 92 valence electrons. The fourth-order valence-electron chi connectivity index (χ4n) is 1.83. The molecule has 1 saturated heterocycles. The van der Waals surface area contributed by atoms with Crippen molar-refractivity contribution in [2.45, 2.75) is 44.7 Å². The second-order valence-electron chi connectivity index (χ2n) is 4.44. The maximum absolute atomic E-state index is 11.9. The number of rotatable bonds is 4. The molecular weight excluding hydrogens is 206 g/mol. The molecule has 0 aromatic heterocycles. The molecule has 0 radical (unpaired) electrons. The summed E-state index contributed by atoms with van der Waals surface area (Å²) in [5.41, 5.74) is 5.12. The van der Waals surface area contributed by atoms with Gasteiger partial charge in [-0.25, -0.2) is 0 Å². The third kappa shape index (κ3) is 2.35. The molecule has 0 spiro atoms. The molecule has 2 amide bonds. The number of nitrogens with zero attached hydrogens (tertiary/aromatic N) is 1. The third-order valence-corrected chi connectivity index (χ3v) is 3.45. The molecule has 0 aromatic carbocycles. The van der Waals surface area contributed by atoms with Crippen LogP contribution in [0.5, 0.6) is 0 Å². The van der Waals surface area contributed by atoms with Gasteiger partial charge in [-0.3, -0.25) is 9.59 Å². The molecule has 3 N–H and O–H groups in total. The normalized spacial score (nSPS) is 21.4. The fraction of sp³-hybridized carbons (Fsp3) is 0.818. The second kappa shape index (κ2) is 4.82. The molecule has 1 aliphatic heterocycles. The van der Waals surface area contributed by atoms with Crippen molar-refractivity contribution < 1.29 is 9.59 Å². The number of nitrogens with two attached hydrogens (primary N) is 1. The van der Waals surface area contributed by atoms with Gasteiger partial charge in [-0.2, -0.15) is 0 Å². The van der Waals surface area contributed by atoms with Crippen molar-refractivity contribution in [3.8, 4) is 0 Å². The molecule has 1 rings (SSSR count). The summed E-state index contributed by atoms with van der Waals surface area (Å²) in [6.07, 6.45) is 1.82. The molecule has 1 unspecified atom stereocenters. The van der Waals surface area contributed by atoms with Gasteiger partial charge in [0.05, 0.1) is 5.54 Å². The summed E-state index contributed by atoms with van der Waals surface area (Å²) in [4.78, 5) is 25.2. The SMILES string of the molecule is CCC(N)(CC)C(=O)NC1CCN(C)C1=O. The van der Waals surface area contributed by atoms with Gasteiger partial charge in [-0.1, -0.05) is 13.8 Å². The maximum Gasteiger partial charge on any atom is 0.244 e. The predicted molar refractivity (Wildman–Crippen MR) is 61.7 cm³/mol. The van der Waals surface area contributed by atoms with Crippen LogP contribution in [-0.2, 0) is 9.59 Å². The highest BCUT2D eigenvalue weighted by molar-refractivity contribution is 5.92. The first-order chi connectivity index (χ1) is 7.44. The van der Waals surface area contributed by atoms with E-state index >= 15 is 0 Å². The lowest BCUT2D eigenvalue weighted by atomic mass is 9.93. The first-order valence-electron chi connectivity index (χ1n) is 5.79. The Labute approximate surface area is 96.4 Å². The van der Waals surface area contributed by atoms with Crippen LogP contribution in [-0.4, -0.2) is 41.9 Å². The van der Waals surface area contributed by atoms with E-state index in [9.17, 15) is 9.59 Å². The zero-order chi connectivity index (χ0) is 12.3. The van der Waals surface area contributed by atoms with Crippen LogP contribution in [0.4, 0.5) is 0 Å². The van der Waals surface area contributed by atoms with Crippen LogP contribution in [0.3, 0.4) is 0 Å². The number of hydrogen-bond donors (Lipinski definition) is 2. The van der Waals surface area contributed by atoms with E-state index in [-0.39, 0.29) is 11.8 Å². The molecule has 0 bridgehead atoms. The van der Waals surface area contributed by atoms with Gasteiger partial charge in [0.1, 0.15) is 6.04 Å². The lowest BCUT2D eigenvalue weighted by molar-refractivity contribution is -0.134. The van der Waals surface area contributed by atoms with Crippen LogP contribution in [0.15, 0.2) is 0 Å². The van der Waals surface area contributed by atoms with E-state index in [1.807, 2.05) is 13.8 Å². The van der Waals surface area contributed by atoms with Gasteiger partial charge in [0, 0.05) is 13.6 Å². The molecule has 5 heteroatoms. The van der Waals surface area contributed by atoms with Crippen molar-refractivity contribution in [1.29, 1.82) is 0 Å². The third-order valence-electron chi connectivity index (χ3n) is 3.45. The minimum Gasteiger partial charge on any atom is -0.344 e. The Bertz CT molecular complexity index is 287. The molecule has 1 heterocycles. The standard InChI is InChI=1S/C11H21N3O2/c1-4-11(12,5-2)10(16)13-8-6-7-14(3)9(8)15/h8H,4-7,12H2,1-3H3,(H,13,16). The first-order valence-corrected chi connectivity index (χ1v) is 5.79. The molecule has 0 saturated carbocycles. The number of carbonyl (C=O) groups is 2. The highest BCUT2D eigenvalue weighted by Gasteiger charge is 2.36. The van der Waals surface area contributed by atoms with E-state index in [4.69, 9.17) is 5.73 Å². The van der Waals surface area contributed by atoms with Gasteiger partial charge in [0.15, 0.2) is 0 Å². The average molecular weight is 227 g/mol. The van der Waals surface area contributed by atoms with Crippen molar-refractivity contribution in [1.82, 2.24) is 10.2 Å². The van der Waals surface area contributed by atoms with E-state index in [2.05, 4.69) is 5.32 Å². The van der Waals surface area contributed by atoms with Gasteiger partial charge in [0.25, 0.3) is 0 Å². The highest BCUT2D eigenvalue weighted by atomic mass is 16.2. The smallest absolute Gasteiger partial charge is 0.244 e. The Balaban J connectivity index is 2.61.